The summed E-state index contributed by atoms with van der Waals surface area (Å²) < 4.78 is 5.22. The van der Waals surface area contributed by atoms with E-state index in [4.69, 9.17) is 16.0 Å². The predicted molar refractivity (Wildman–Crippen MR) is 128 cm³/mol. The smallest absolute Gasteiger partial charge is 0.251 e. The van der Waals surface area contributed by atoms with Gasteiger partial charge in [0.1, 0.15) is 5.76 Å². The molecule has 0 spiro atoms. The average Bonchev–Trinajstić information content (AvgIpc) is 3.34. The number of hydrogen-bond acceptors (Lipinski definition) is 4. The van der Waals surface area contributed by atoms with Gasteiger partial charge in [-0.15, -0.1) is 11.8 Å². The molecule has 0 saturated heterocycles. The minimum absolute atomic E-state index is 0.0910. The number of furan rings is 1. The number of halogens is 1. The van der Waals surface area contributed by atoms with Crippen molar-refractivity contribution in [2.45, 2.75) is 18.0 Å². The van der Waals surface area contributed by atoms with Crippen molar-refractivity contribution < 1.29 is 14.0 Å². The molecule has 162 valence electrons. The molecule has 0 aliphatic carbocycles. The third-order valence-electron chi connectivity index (χ3n) is 4.86. The zero-order valence-electron chi connectivity index (χ0n) is 17.1. The summed E-state index contributed by atoms with van der Waals surface area (Å²) in [4.78, 5) is 25.7. The number of nitrogens with one attached hydrogen (secondary N) is 2. The second-order valence-electron chi connectivity index (χ2n) is 7.12. The highest BCUT2D eigenvalue weighted by Crippen LogP contribution is 2.33. The average molecular weight is 465 g/mol. The Morgan fingerprint density at radius 3 is 2.53 bits per heavy atom. The first-order valence-corrected chi connectivity index (χ1v) is 11.4. The van der Waals surface area contributed by atoms with Crippen LogP contribution in [0.1, 0.15) is 21.7 Å². The molecule has 5 nitrogen and oxygen atoms in total. The highest BCUT2D eigenvalue weighted by molar-refractivity contribution is 8.00. The molecule has 7 heteroatoms. The summed E-state index contributed by atoms with van der Waals surface area (Å²) in [5.41, 5.74) is 1.38. The third kappa shape index (κ3) is 5.52. The minimum atomic E-state index is -0.196. The van der Waals surface area contributed by atoms with Gasteiger partial charge < -0.3 is 15.1 Å². The highest BCUT2D eigenvalue weighted by Gasteiger charge is 2.10. The number of carbonyl (C=O) groups excluding carboxylic acids is 2. The molecule has 0 radical (unpaired) electrons. The molecule has 32 heavy (non-hydrogen) atoms. The number of carbonyl (C=O) groups is 2. The van der Waals surface area contributed by atoms with E-state index >= 15 is 0 Å². The Hall–Kier alpha value is -3.22. The van der Waals surface area contributed by atoms with Gasteiger partial charge in [0.05, 0.1) is 18.6 Å². The Labute approximate surface area is 195 Å². The zero-order chi connectivity index (χ0) is 22.3. The van der Waals surface area contributed by atoms with Crippen molar-refractivity contribution in [1.82, 2.24) is 10.6 Å². The number of fused-ring (bicyclic) bond motifs is 1. The molecule has 3 aromatic carbocycles. The molecule has 2 amide bonds. The lowest BCUT2D eigenvalue weighted by atomic mass is 10.1. The summed E-state index contributed by atoms with van der Waals surface area (Å²) in [5, 5.41) is 8.41. The molecule has 0 unspecified atom stereocenters. The van der Waals surface area contributed by atoms with Crippen molar-refractivity contribution in [2.24, 2.45) is 0 Å². The van der Waals surface area contributed by atoms with Crippen molar-refractivity contribution in [2.75, 3.05) is 5.75 Å². The fourth-order valence-electron chi connectivity index (χ4n) is 3.28. The van der Waals surface area contributed by atoms with Crippen LogP contribution in [0, 0.1) is 0 Å². The molecule has 0 saturated carbocycles. The van der Waals surface area contributed by atoms with Crippen LogP contribution in [0.3, 0.4) is 0 Å². The van der Waals surface area contributed by atoms with E-state index in [9.17, 15) is 9.59 Å². The summed E-state index contributed by atoms with van der Waals surface area (Å²) in [6.45, 7) is 0.664. The van der Waals surface area contributed by atoms with Crippen molar-refractivity contribution >= 4 is 45.9 Å². The first-order valence-electron chi connectivity index (χ1n) is 10.1. The fraction of sp³-hybridized carbons (Fsp3) is 0.120. The van der Waals surface area contributed by atoms with Gasteiger partial charge in [0.2, 0.25) is 5.91 Å². The Morgan fingerprint density at radius 2 is 1.72 bits per heavy atom. The molecule has 4 rings (SSSR count). The van der Waals surface area contributed by atoms with Crippen molar-refractivity contribution in [3.8, 4) is 0 Å². The van der Waals surface area contributed by atoms with Crippen LogP contribution in [-0.2, 0) is 17.9 Å². The van der Waals surface area contributed by atoms with Gasteiger partial charge in [0, 0.05) is 27.4 Å². The molecule has 1 aromatic heterocycles. The van der Waals surface area contributed by atoms with E-state index in [-0.39, 0.29) is 17.6 Å². The number of amides is 2. The molecule has 2 N–H and O–H groups in total. The highest BCUT2D eigenvalue weighted by atomic mass is 35.5. The van der Waals surface area contributed by atoms with Crippen LogP contribution >= 0.6 is 23.4 Å². The van der Waals surface area contributed by atoms with Gasteiger partial charge in [0.15, 0.2) is 0 Å². The maximum absolute atomic E-state index is 12.4. The second kappa shape index (κ2) is 10.4. The lowest BCUT2D eigenvalue weighted by Gasteiger charge is -2.09. The van der Waals surface area contributed by atoms with Crippen LogP contribution in [0.2, 0.25) is 5.02 Å². The SMILES string of the molecule is O=C(CSc1cccc2cccc(Cl)c12)NCc1cccc(C(=O)NCc2ccco2)c1. The summed E-state index contributed by atoms with van der Waals surface area (Å²) in [7, 11) is 0. The molecule has 0 atom stereocenters. The summed E-state index contributed by atoms with van der Waals surface area (Å²) in [6.07, 6.45) is 1.57. The number of hydrogen-bond donors (Lipinski definition) is 2. The van der Waals surface area contributed by atoms with Crippen molar-refractivity contribution in [1.29, 1.82) is 0 Å². The molecule has 0 aliphatic heterocycles. The molecular formula is C25H21ClN2O3S. The topological polar surface area (TPSA) is 71.3 Å². The third-order valence-corrected chi connectivity index (χ3v) is 6.23. The first kappa shape index (κ1) is 22.0. The lowest BCUT2D eigenvalue weighted by Crippen LogP contribution is -2.25. The number of rotatable bonds is 8. The monoisotopic (exact) mass is 464 g/mol. The van der Waals surface area contributed by atoms with E-state index in [1.807, 2.05) is 42.5 Å². The largest absolute Gasteiger partial charge is 0.467 e. The van der Waals surface area contributed by atoms with E-state index in [0.717, 1.165) is 21.2 Å². The zero-order valence-corrected chi connectivity index (χ0v) is 18.7. The van der Waals surface area contributed by atoms with E-state index in [0.29, 0.717) is 29.4 Å². The van der Waals surface area contributed by atoms with Crippen LogP contribution in [0.5, 0.6) is 0 Å². The van der Waals surface area contributed by atoms with Gasteiger partial charge in [-0.2, -0.15) is 0 Å². The second-order valence-corrected chi connectivity index (χ2v) is 8.55. The van der Waals surface area contributed by atoms with Gasteiger partial charge in [-0.05, 0) is 47.3 Å². The number of benzene rings is 3. The van der Waals surface area contributed by atoms with Gasteiger partial charge in [0.25, 0.3) is 5.91 Å². The fourth-order valence-corrected chi connectivity index (χ4v) is 4.56. The normalized spacial score (nSPS) is 10.8. The Bertz CT molecular complexity index is 1240. The minimum Gasteiger partial charge on any atom is -0.467 e. The standard InChI is InChI=1S/C25H21ClN2O3S/c26-21-10-2-6-18-7-3-11-22(24(18)21)32-16-23(29)27-14-17-5-1-8-19(13-17)25(30)28-15-20-9-4-12-31-20/h1-13H,14-16H2,(H,27,29)(H,28,30). The Morgan fingerprint density at radius 1 is 0.906 bits per heavy atom. The van der Waals surface area contributed by atoms with Gasteiger partial charge in [-0.3, -0.25) is 9.59 Å². The van der Waals surface area contributed by atoms with Crippen molar-refractivity contribution in [3.63, 3.8) is 0 Å². The Balaban J connectivity index is 1.31. The quantitative estimate of drug-likeness (QED) is 0.341. The first-order chi connectivity index (χ1) is 15.6. The van der Waals surface area contributed by atoms with E-state index in [1.165, 1.54) is 11.8 Å². The molecule has 4 aromatic rings. The van der Waals surface area contributed by atoms with E-state index < -0.39 is 0 Å². The van der Waals surface area contributed by atoms with Crippen LogP contribution in [0.4, 0.5) is 0 Å². The molecular weight excluding hydrogens is 444 g/mol. The maximum atomic E-state index is 12.4. The molecule has 0 bridgehead atoms. The lowest BCUT2D eigenvalue weighted by molar-refractivity contribution is -0.118. The van der Waals surface area contributed by atoms with Crippen molar-refractivity contribution in [3.05, 3.63) is 101 Å². The summed E-state index contributed by atoms with van der Waals surface area (Å²) >= 11 is 7.81. The van der Waals surface area contributed by atoms with Crippen LogP contribution < -0.4 is 10.6 Å². The van der Waals surface area contributed by atoms with Crippen LogP contribution in [0.15, 0.2) is 88.4 Å². The van der Waals surface area contributed by atoms with Gasteiger partial charge in [-0.1, -0.05) is 48.0 Å². The Kier molecular flexibility index (Phi) is 7.14. The van der Waals surface area contributed by atoms with Crippen LogP contribution in [-0.4, -0.2) is 17.6 Å². The van der Waals surface area contributed by atoms with Crippen LogP contribution in [0.25, 0.3) is 10.8 Å². The summed E-state index contributed by atoms with van der Waals surface area (Å²) in [5.74, 6) is 0.671. The summed E-state index contributed by atoms with van der Waals surface area (Å²) in [6, 6.07) is 22.5. The molecule has 0 aliphatic rings. The van der Waals surface area contributed by atoms with Gasteiger partial charge >= 0.3 is 0 Å². The van der Waals surface area contributed by atoms with E-state index in [2.05, 4.69) is 10.6 Å². The van der Waals surface area contributed by atoms with E-state index in [1.54, 1.807) is 36.6 Å². The number of thioether (sulfide) groups is 1. The predicted octanol–water partition coefficient (Wildman–Crippen LogP) is 5.42. The maximum Gasteiger partial charge on any atom is 0.251 e. The molecule has 0 fully saturated rings. The molecule has 1 heterocycles. The van der Waals surface area contributed by atoms with Gasteiger partial charge in [-0.25, -0.2) is 0 Å².